The van der Waals surface area contributed by atoms with E-state index in [0.29, 0.717) is 16.4 Å². The van der Waals surface area contributed by atoms with Gasteiger partial charge in [0.25, 0.3) is 11.8 Å². The molecule has 0 aromatic heterocycles. The van der Waals surface area contributed by atoms with Crippen LogP contribution < -0.4 is 10.2 Å². The topological polar surface area (TPSA) is 94.4 Å². The smallest absolute Gasteiger partial charge is 0.263 e. The summed E-state index contributed by atoms with van der Waals surface area (Å²) in [5.41, 5.74) is 0.733. The molecule has 1 N–H and O–H groups in total. The molecule has 2 aromatic rings. The van der Waals surface area contributed by atoms with Crippen LogP contribution in [-0.2, 0) is 14.4 Å². The minimum Gasteiger partial charge on any atom is -0.324 e. The van der Waals surface area contributed by atoms with Crippen LogP contribution in [0.25, 0.3) is 0 Å². The Kier molecular flexibility index (Phi) is 4.52. The molecular formula is C18H13ClFN5O3. The lowest BCUT2D eigenvalue weighted by Gasteiger charge is -2.20. The Balaban J connectivity index is 1.49. The number of nitrogens with zero attached hydrogens (tertiary/aromatic N) is 4. The van der Waals surface area contributed by atoms with Gasteiger partial charge in [0, 0.05) is 10.7 Å². The Labute approximate surface area is 163 Å². The molecule has 2 aliphatic heterocycles. The Morgan fingerprint density at radius 1 is 1.14 bits per heavy atom. The lowest BCUT2D eigenvalue weighted by Crippen LogP contribution is -2.43. The number of amides is 3. The number of hydrogen-bond acceptors (Lipinski definition) is 6. The molecule has 0 saturated carbocycles. The highest BCUT2D eigenvalue weighted by Gasteiger charge is 2.55. The quantitative estimate of drug-likeness (QED) is 0.796. The van der Waals surface area contributed by atoms with Gasteiger partial charge in [-0.05, 0) is 42.5 Å². The molecule has 2 atom stereocenters. The number of carbonyl (C=O) groups excluding carboxylic acids is 3. The summed E-state index contributed by atoms with van der Waals surface area (Å²) in [6, 6.07) is 9.58. The molecule has 10 heteroatoms. The van der Waals surface area contributed by atoms with Gasteiger partial charge in [0.15, 0.2) is 12.1 Å². The average Bonchev–Trinajstić information content (AvgIpc) is 3.17. The zero-order valence-electron chi connectivity index (χ0n) is 14.3. The molecule has 0 spiro atoms. The molecule has 0 aliphatic carbocycles. The first-order chi connectivity index (χ1) is 13.4. The summed E-state index contributed by atoms with van der Waals surface area (Å²) in [5, 5.41) is 11.8. The molecule has 8 nitrogen and oxygen atoms in total. The van der Waals surface area contributed by atoms with Crippen LogP contribution in [0, 0.1) is 5.82 Å². The normalized spacial score (nSPS) is 20.6. The summed E-state index contributed by atoms with van der Waals surface area (Å²) < 4.78 is 12.9. The van der Waals surface area contributed by atoms with Crippen molar-refractivity contribution in [1.82, 2.24) is 5.01 Å². The summed E-state index contributed by atoms with van der Waals surface area (Å²) in [5.74, 6) is -1.96. The molecule has 0 unspecified atom stereocenters. The third-order valence-corrected chi connectivity index (χ3v) is 4.59. The molecule has 1 saturated heterocycles. The van der Waals surface area contributed by atoms with Crippen LogP contribution in [0.2, 0.25) is 5.02 Å². The second kappa shape index (κ2) is 7.01. The lowest BCUT2D eigenvalue weighted by molar-refractivity contribution is -0.123. The van der Waals surface area contributed by atoms with Gasteiger partial charge in [0.2, 0.25) is 5.91 Å². The van der Waals surface area contributed by atoms with E-state index in [2.05, 4.69) is 15.7 Å². The predicted octanol–water partition coefficient (Wildman–Crippen LogP) is 2.41. The van der Waals surface area contributed by atoms with Gasteiger partial charge in [-0.3, -0.25) is 19.4 Å². The maximum atomic E-state index is 12.9. The SMILES string of the molecule is O=C(CN1N=N[C@@H]2C(=O)N(c3cccc(Cl)c3)C(=O)[C@@H]21)Nc1ccc(F)cc1. The monoisotopic (exact) mass is 401 g/mol. The zero-order valence-corrected chi connectivity index (χ0v) is 15.0. The first-order valence-corrected chi connectivity index (χ1v) is 8.68. The number of anilines is 2. The molecular weight excluding hydrogens is 389 g/mol. The van der Waals surface area contributed by atoms with Gasteiger partial charge in [0.05, 0.1) is 5.69 Å². The predicted molar refractivity (Wildman–Crippen MR) is 98.1 cm³/mol. The van der Waals surface area contributed by atoms with Crippen molar-refractivity contribution in [3.8, 4) is 0 Å². The lowest BCUT2D eigenvalue weighted by atomic mass is 10.1. The van der Waals surface area contributed by atoms with Gasteiger partial charge in [0.1, 0.15) is 12.4 Å². The van der Waals surface area contributed by atoms with Crippen molar-refractivity contribution >= 4 is 40.7 Å². The van der Waals surface area contributed by atoms with E-state index in [-0.39, 0.29) is 6.54 Å². The molecule has 0 bridgehead atoms. The summed E-state index contributed by atoms with van der Waals surface area (Å²) in [4.78, 5) is 38.7. The van der Waals surface area contributed by atoms with Crippen LogP contribution in [0.15, 0.2) is 58.9 Å². The van der Waals surface area contributed by atoms with Crippen LogP contribution in [0.4, 0.5) is 15.8 Å². The van der Waals surface area contributed by atoms with Gasteiger partial charge in [-0.1, -0.05) is 22.9 Å². The number of benzene rings is 2. The third kappa shape index (κ3) is 3.20. The number of fused-ring (bicyclic) bond motifs is 1. The molecule has 2 aliphatic rings. The first-order valence-electron chi connectivity index (χ1n) is 8.30. The van der Waals surface area contributed by atoms with Crippen LogP contribution >= 0.6 is 11.6 Å². The van der Waals surface area contributed by atoms with Crippen LogP contribution in [0.5, 0.6) is 0 Å². The number of halogens is 2. The number of carbonyl (C=O) groups is 3. The summed E-state index contributed by atoms with van der Waals surface area (Å²) in [6.07, 6.45) is 0. The Morgan fingerprint density at radius 3 is 2.61 bits per heavy atom. The minimum atomic E-state index is -1.01. The molecule has 142 valence electrons. The highest BCUT2D eigenvalue weighted by atomic mass is 35.5. The van der Waals surface area contributed by atoms with E-state index in [9.17, 15) is 18.8 Å². The Bertz CT molecular complexity index is 997. The maximum Gasteiger partial charge on any atom is 0.263 e. The highest BCUT2D eigenvalue weighted by Crippen LogP contribution is 2.32. The molecule has 3 amide bonds. The fraction of sp³-hybridized carbons (Fsp3) is 0.167. The van der Waals surface area contributed by atoms with E-state index >= 15 is 0 Å². The van der Waals surface area contributed by atoms with Crippen molar-refractivity contribution in [1.29, 1.82) is 0 Å². The highest BCUT2D eigenvalue weighted by molar-refractivity contribution is 6.31. The largest absolute Gasteiger partial charge is 0.324 e. The number of rotatable bonds is 4. The van der Waals surface area contributed by atoms with Crippen molar-refractivity contribution in [2.75, 3.05) is 16.8 Å². The van der Waals surface area contributed by atoms with Crippen LogP contribution in [-0.4, -0.2) is 41.4 Å². The molecule has 2 aromatic carbocycles. The molecule has 1 fully saturated rings. The van der Waals surface area contributed by atoms with E-state index in [1.807, 2.05) is 0 Å². The van der Waals surface area contributed by atoms with E-state index < -0.39 is 35.6 Å². The molecule has 28 heavy (non-hydrogen) atoms. The minimum absolute atomic E-state index is 0.287. The van der Waals surface area contributed by atoms with Crippen molar-refractivity contribution in [2.24, 2.45) is 10.3 Å². The van der Waals surface area contributed by atoms with Crippen molar-refractivity contribution in [3.05, 3.63) is 59.4 Å². The maximum absolute atomic E-state index is 12.9. The zero-order chi connectivity index (χ0) is 19.8. The van der Waals surface area contributed by atoms with Crippen molar-refractivity contribution in [2.45, 2.75) is 12.1 Å². The van der Waals surface area contributed by atoms with Gasteiger partial charge < -0.3 is 5.32 Å². The number of imide groups is 1. The van der Waals surface area contributed by atoms with Gasteiger partial charge in [-0.2, -0.15) is 5.11 Å². The summed E-state index contributed by atoms with van der Waals surface area (Å²) >= 11 is 5.95. The summed E-state index contributed by atoms with van der Waals surface area (Å²) in [7, 11) is 0. The third-order valence-electron chi connectivity index (χ3n) is 4.36. The van der Waals surface area contributed by atoms with E-state index in [1.165, 1.54) is 35.3 Å². The first kappa shape index (κ1) is 18.1. The number of nitrogens with one attached hydrogen (secondary N) is 1. The van der Waals surface area contributed by atoms with E-state index in [1.54, 1.807) is 18.2 Å². The second-order valence-electron chi connectivity index (χ2n) is 6.24. The van der Waals surface area contributed by atoms with Gasteiger partial charge in [-0.15, -0.1) is 0 Å². The van der Waals surface area contributed by atoms with Gasteiger partial charge in [-0.25, -0.2) is 9.29 Å². The summed E-state index contributed by atoms with van der Waals surface area (Å²) in [6.45, 7) is -0.287. The Morgan fingerprint density at radius 2 is 1.89 bits per heavy atom. The second-order valence-corrected chi connectivity index (χ2v) is 6.68. The van der Waals surface area contributed by atoms with Crippen molar-refractivity contribution in [3.63, 3.8) is 0 Å². The van der Waals surface area contributed by atoms with E-state index in [4.69, 9.17) is 11.6 Å². The standard InChI is InChI=1S/C18H13ClFN5O3/c19-10-2-1-3-13(8-10)25-17(27)15-16(18(25)28)24(23-22-15)9-14(26)21-12-6-4-11(20)5-7-12/h1-8,15-16H,9H2,(H,21,26)/t15-,16+/m0/s1. The van der Waals surface area contributed by atoms with Crippen LogP contribution in [0.3, 0.4) is 0 Å². The average molecular weight is 402 g/mol. The van der Waals surface area contributed by atoms with Gasteiger partial charge >= 0.3 is 0 Å². The Hall–Kier alpha value is -3.33. The van der Waals surface area contributed by atoms with E-state index in [0.717, 1.165) is 4.90 Å². The fourth-order valence-corrected chi connectivity index (χ4v) is 3.29. The van der Waals surface area contributed by atoms with Crippen LogP contribution in [0.1, 0.15) is 0 Å². The molecule has 2 heterocycles. The molecule has 0 radical (unpaired) electrons. The fourth-order valence-electron chi connectivity index (χ4n) is 3.10. The van der Waals surface area contributed by atoms with Crippen molar-refractivity contribution < 1.29 is 18.8 Å². The molecule has 4 rings (SSSR count). The number of hydrogen-bond donors (Lipinski definition) is 1.